The van der Waals surface area contributed by atoms with Crippen LogP contribution in [0.5, 0.6) is 0 Å². The summed E-state index contributed by atoms with van der Waals surface area (Å²) in [7, 11) is 0. The minimum Gasteiger partial charge on any atom is -0.465 e. The lowest BCUT2D eigenvalue weighted by Crippen LogP contribution is -2.62. The molecule has 1 saturated carbocycles. The quantitative estimate of drug-likeness (QED) is 0.708. The van der Waals surface area contributed by atoms with Gasteiger partial charge in [0.1, 0.15) is 5.54 Å². The second-order valence-electron chi connectivity index (χ2n) is 5.14. The van der Waals surface area contributed by atoms with Gasteiger partial charge in [-0.05, 0) is 44.6 Å². The van der Waals surface area contributed by atoms with Gasteiger partial charge in [-0.25, -0.2) is 0 Å². The van der Waals surface area contributed by atoms with E-state index in [2.05, 4.69) is 26.1 Å². The molecule has 0 saturated heterocycles. The van der Waals surface area contributed by atoms with Crippen LogP contribution in [0.25, 0.3) is 0 Å². The van der Waals surface area contributed by atoms with Crippen molar-refractivity contribution in [2.24, 2.45) is 11.8 Å². The number of rotatable bonds is 6. The highest BCUT2D eigenvalue weighted by atomic mass is 16.5. The van der Waals surface area contributed by atoms with E-state index in [4.69, 9.17) is 4.74 Å². The summed E-state index contributed by atoms with van der Waals surface area (Å²) in [6, 6.07) is 0. The highest BCUT2D eigenvalue weighted by Gasteiger charge is 2.51. The summed E-state index contributed by atoms with van der Waals surface area (Å²) in [5.74, 6) is 1.26. The Morgan fingerprint density at radius 2 is 2.06 bits per heavy atom. The second kappa shape index (κ2) is 5.67. The Bertz CT molecular complexity index is 232. The Hall–Kier alpha value is -0.570. The molecule has 0 amide bonds. The molecular weight excluding hydrogens is 202 g/mol. The smallest absolute Gasteiger partial charge is 0.326 e. The van der Waals surface area contributed by atoms with E-state index >= 15 is 0 Å². The average molecular weight is 227 g/mol. The maximum Gasteiger partial charge on any atom is 0.326 e. The van der Waals surface area contributed by atoms with Crippen LogP contribution in [0.3, 0.4) is 0 Å². The molecule has 0 aromatic heterocycles. The topological polar surface area (TPSA) is 38.3 Å². The first-order valence-corrected chi connectivity index (χ1v) is 6.48. The Kier molecular flexibility index (Phi) is 4.78. The fourth-order valence-electron chi connectivity index (χ4n) is 2.32. The number of carbonyl (C=O) groups is 1. The lowest BCUT2D eigenvalue weighted by atomic mass is 9.64. The predicted molar refractivity (Wildman–Crippen MR) is 65.2 cm³/mol. The van der Waals surface area contributed by atoms with E-state index in [9.17, 15) is 4.79 Å². The van der Waals surface area contributed by atoms with E-state index in [1.54, 1.807) is 0 Å². The molecule has 0 bridgehead atoms. The lowest BCUT2D eigenvalue weighted by Gasteiger charge is -2.47. The van der Waals surface area contributed by atoms with Crippen LogP contribution in [-0.2, 0) is 9.53 Å². The van der Waals surface area contributed by atoms with Crippen LogP contribution in [0.2, 0.25) is 0 Å². The third kappa shape index (κ3) is 2.76. The van der Waals surface area contributed by atoms with Crippen LogP contribution < -0.4 is 5.32 Å². The van der Waals surface area contributed by atoms with Gasteiger partial charge in [0.2, 0.25) is 0 Å². The van der Waals surface area contributed by atoms with Crippen LogP contribution in [0.1, 0.15) is 47.0 Å². The molecule has 0 spiro atoms. The molecule has 1 N–H and O–H groups in total. The zero-order valence-corrected chi connectivity index (χ0v) is 11.0. The van der Waals surface area contributed by atoms with Crippen LogP contribution in [0, 0.1) is 11.8 Å². The molecule has 1 rings (SSSR count). The van der Waals surface area contributed by atoms with E-state index in [0.717, 1.165) is 25.8 Å². The summed E-state index contributed by atoms with van der Waals surface area (Å²) in [5.41, 5.74) is -0.374. The SMILES string of the molecule is CCCNC1(C(=O)OCC)CC(C(C)C)C1. The van der Waals surface area contributed by atoms with E-state index < -0.39 is 0 Å². The molecule has 3 heteroatoms. The van der Waals surface area contributed by atoms with Crippen molar-refractivity contribution in [1.82, 2.24) is 5.32 Å². The monoisotopic (exact) mass is 227 g/mol. The first-order chi connectivity index (χ1) is 7.55. The van der Waals surface area contributed by atoms with Gasteiger partial charge in [0.15, 0.2) is 0 Å². The fourth-order valence-corrected chi connectivity index (χ4v) is 2.32. The molecular formula is C13H25NO2. The molecule has 1 aliphatic carbocycles. The van der Waals surface area contributed by atoms with Crippen molar-refractivity contribution >= 4 is 5.97 Å². The van der Waals surface area contributed by atoms with Crippen LogP contribution in [0.4, 0.5) is 0 Å². The predicted octanol–water partition coefficient (Wildman–Crippen LogP) is 2.35. The number of nitrogens with one attached hydrogen (secondary N) is 1. The summed E-state index contributed by atoms with van der Waals surface area (Å²) in [4.78, 5) is 11.9. The molecule has 0 aliphatic heterocycles. The lowest BCUT2D eigenvalue weighted by molar-refractivity contribution is -0.158. The summed E-state index contributed by atoms with van der Waals surface area (Å²) < 4.78 is 5.17. The molecule has 0 unspecified atom stereocenters. The number of esters is 1. The first kappa shape index (κ1) is 13.5. The van der Waals surface area contributed by atoms with Gasteiger partial charge in [0.05, 0.1) is 6.61 Å². The Balaban J connectivity index is 2.55. The largest absolute Gasteiger partial charge is 0.465 e. The highest BCUT2D eigenvalue weighted by molar-refractivity contribution is 5.82. The highest BCUT2D eigenvalue weighted by Crippen LogP contribution is 2.42. The van der Waals surface area contributed by atoms with E-state index in [1.807, 2.05) is 6.92 Å². The van der Waals surface area contributed by atoms with Crippen molar-refractivity contribution in [3.8, 4) is 0 Å². The minimum absolute atomic E-state index is 0.0552. The van der Waals surface area contributed by atoms with E-state index in [1.165, 1.54) is 0 Å². The van der Waals surface area contributed by atoms with Crippen LogP contribution in [0.15, 0.2) is 0 Å². The van der Waals surface area contributed by atoms with Crippen molar-refractivity contribution in [3.63, 3.8) is 0 Å². The maximum absolute atomic E-state index is 11.9. The minimum atomic E-state index is -0.374. The zero-order chi connectivity index (χ0) is 12.2. The molecule has 94 valence electrons. The van der Waals surface area contributed by atoms with Crippen LogP contribution >= 0.6 is 0 Å². The molecule has 0 aromatic rings. The van der Waals surface area contributed by atoms with Gasteiger partial charge >= 0.3 is 5.97 Å². The molecule has 0 heterocycles. The normalized spacial score (nSPS) is 28.9. The van der Waals surface area contributed by atoms with Gasteiger partial charge in [-0.2, -0.15) is 0 Å². The van der Waals surface area contributed by atoms with Crippen molar-refractivity contribution in [3.05, 3.63) is 0 Å². The number of hydrogen-bond donors (Lipinski definition) is 1. The van der Waals surface area contributed by atoms with Gasteiger partial charge in [-0.1, -0.05) is 20.8 Å². The van der Waals surface area contributed by atoms with Gasteiger partial charge in [0.25, 0.3) is 0 Å². The third-order valence-corrected chi connectivity index (χ3v) is 3.54. The Labute approximate surface area is 98.9 Å². The number of carbonyl (C=O) groups excluding carboxylic acids is 1. The first-order valence-electron chi connectivity index (χ1n) is 6.48. The van der Waals surface area contributed by atoms with Crippen LogP contribution in [-0.4, -0.2) is 24.7 Å². The summed E-state index contributed by atoms with van der Waals surface area (Å²) in [6.45, 7) is 9.79. The van der Waals surface area contributed by atoms with Gasteiger partial charge in [-0.3, -0.25) is 4.79 Å². The standard InChI is InChI=1S/C13H25NO2/c1-5-7-14-13(12(15)16-6-2)8-11(9-13)10(3)4/h10-11,14H,5-9H2,1-4H3. The molecule has 16 heavy (non-hydrogen) atoms. The molecule has 1 fully saturated rings. The molecule has 0 radical (unpaired) electrons. The zero-order valence-electron chi connectivity index (χ0n) is 11.0. The van der Waals surface area contributed by atoms with E-state index in [0.29, 0.717) is 18.4 Å². The van der Waals surface area contributed by atoms with Gasteiger partial charge < -0.3 is 10.1 Å². The van der Waals surface area contributed by atoms with Gasteiger partial charge in [0, 0.05) is 0 Å². The van der Waals surface area contributed by atoms with Crippen molar-refractivity contribution in [1.29, 1.82) is 0 Å². The maximum atomic E-state index is 11.9. The Morgan fingerprint density at radius 1 is 1.44 bits per heavy atom. The average Bonchev–Trinajstić information content (AvgIpc) is 2.16. The summed E-state index contributed by atoms with van der Waals surface area (Å²) in [5, 5.41) is 3.38. The fraction of sp³-hybridized carbons (Fsp3) is 0.923. The Morgan fingerprint density at radius 3 is 2.50 bits per heavy atom. The van der Waals surface area contributed by atoms with Crippen molar-refractivity contribution in [2.75, 3.05) is 13.2 Å². The number of hydrogen-bond acceptors (Lipinski definition) is 3. The molecule has 0 aromatic carbocycles. The van der Waals surface area contributed by atoms with Crippen molar-refractivity contribution < 1.29 is 9.53 Å². The third-order valence-electron chi connectivity index (χ3n) is 3.54. The summed E-state index contributed by atoms with van der Waals surface area (Å²) in [6.07, 6.45) is 2.92. The van der Waals surface area contributed by atoms with Crippen molar-refractivity contribution in [2.45, 2.75) is 52.5 Å². The molecule has 1 aliphatic rings. The number of ether oxygens (including phenoxy) is 1. The molecule has 3 nitrogen and oxygen atoms in total. The van der Waals surface area contributed by atoms with Gasteiger partial charge in [-0.15, -0.1) is 0 Å². The van der Waals surface area contributed by atoms with E-state index in [-0.39, 0.29) is 11.5 Å². The second-order valence-corrected chi connectivity index (χ2v) is 5.14. The molecule has 0 atom stereocenters. The summed E-state index contributed by atoms with van der Waals surface area (Å²) >= 11 is 0.